The van der Waals surface area contributed by atoms with E-state index in [1.54, 1.807) is 30.3 Å². The number of imide groups is 2. The van der Waals surface area contributed by atoms with Crippen LogP contribution in [-0.4, -0.2) is 30.1 Å². The van der Waals surface area contributed by atoms with E-state index in [0.29, 0.717) is 11.3 Å². The van der Waals surface area contributed by atoms with Gasteiger partial charge in [-0.25, -0.2) is 9.69 Å². The van der Waals surface area contributed by atoms with Crippen LogP contribution < -0.4 is 15.0 Å². The van der Waals surface area contributed by atoms with E-state index in [1.165, 1.54) is 25.3 Å². The van der Waals surface area contributed by atoms with Crippen LogP contribution in [0.15, 0.2) is 52.5 Å². The third-order valence-corrected chi connectivity index (χ3v) is 4.23. The van der Waals surface area contributed by atoms with Gasteiger partial charge < -0.3 is 9.84 Å². The van der Waals surface area contributed by atoms with Gasteiger partial charge in [0.15, 0.2) is 11.5 Å². The predicted molar refractivity (Wildman–Crippen MR) is 97.8 cm³/mol. The van der Waals surface area contributed by atoms with Crippen molar-refractivity contribution in [1.82, 2.24) is 5.32 Å². The molecule has 8 heteroatoms. The Labute approximate surface area is 157 Å². The number of nitrogens with one attached hydrogen (secondary N) is 1. The van der Waals surface area contributed by atoms with Crippen LogP contribution in [0.4, 0.5) is 10.5 Å². The molecule has 1 aliphatic heterocycles. The van der Waals surface area contributed by atoms with Gasteiger partial charge in [-0.15, -0.1) is 0 Å². The highest BCUT2D eigenvalue weighted by molar-refractivity contribution is 9.10. The van der Waals surface area contributed by atoms with Crippen LogP contribution in [0.25, 0.3) is 6.08 Å². The number of rotatable bonds is 3. The Bertz CT molecular complexity index is 937. The van der Waals surface area contributed by atoms with Gasteiger partial charge in [0.1, 0.15) is 5.57 Å². The maximum Gasteiger partial charge on any atom is 0.335 e. The minimum absolute atomic E-state index is 0.133. The molecular weight excluding hydrogens is 404 g/mol. The molecule has 4 amide bonds. The van der Waals surface area contributed by atoms with Crippen LogP contribution >= 0.6 is 15.9 Å². The van der Waals surface area contributed by atoms with E-state index in [1.807, 2.05) is 0 Å². The number of amides is 4. The SMILES string of the molecule is COc1ccc(/C=C2/C(=O)NC(=O)N(c3ccc(Br)cc3)C2=O)cc1O. The number of aromatic hydroxyl groups is 1. The summed E-state index contributed by atoms with van der Waals surface area (Å²) in [5.74, 6) is -1.43. The lowest BCUT2D eigenvalue weighted by molar-refractivity contribution is -0.122. The molecular formula is C18H13BrN2O5. The molecule has 2 aromatic rings. The summed E-state index contributed by atoms with van der Waals surface area (Å²) in [6, 6.07) is 10.1. The summed E-state index contributed by atoms with van der Waals surface area (Å²) >= 11 is 3.28. The Kier molecular flexibility index (Phi) is 4.77. The molecule has 2 aromatic carbocycles. The van der Waals surface area contributed by atoms with Crippen LogP contribution in [0.1, 0.15) is 5.56 Å². The molecule has 0 radical (unpaired) electrons. The first-order valence-electron chi connectivity index (χ1n) is 7.44. The number of barbiturate groups is 1. The third-order valence-electron chi connectivity index (χ3n) is 3.70. The number of ether oxygens (including phenoxy) is 1. The van der Waals surface area contributed by atoms with Crippen LogP contribution in [-0.2, 0) is 9.59 Å². The quantitative estimate of drug-likeness (QED) is 0.592. The van der Waals surface area contributed by atoms with Gasteiger partial charge in [-0.1, -0.05) is 22.0 Å². The maximum atomic E-state index is 12.7. The number of halogens is 1. The van der Waals surface area contributed by atoms with Crippen LogP contribution in [0.5, 0.6) is 11.5 Å². The topological polar surface area (TPSA) is 95.9 Å². The predicted octanol–water partition coefficient (Wildman–Crippen LogP) is 2.83. The number of urea groups is 1. The van der Waals surface area contributed by atoms with E-state index >= 15 is 0 Å². The second kappa shape index (κ2) is 7.01. The summed E-state index contributed by atoms with van der Waals surface area (Å²) in [7, 11) is 1.41. The number of phenolic OH excluding ortho intramolecular Hbond substituents is 1. The number of benzene rings is 2. The number of methoxy groups -OCH3 is 1. The van der Waals surface area contributed by atoms with Gasteiger partial charge >= 0.3 is 6.03 Å². The Morgan fingerprint density at radius 3 is 2.42 bits per heavy atom. The average molecular weight is 417 g/mol. The van der Waals surface area contributed by atoms with Crippen molar-refractivity contribution in [2.24, 2.45) is 0 Å². The highest BCUT2D eigenvalue weighted by atomic mass is 79.9. The molecule has 3 rings (SSSR count). The molecule has 1 saturated heterocycles. The third kappa shape index (κ3) is 3.31. The van der Waals surface area contributed by atoms with E-state index in [0.717, 1.165) is 9.37 Å². The fourth-order valence-electron chi connectivity index (χ4n) is 2.45. The van der Waals surface area contributed by atoms with E-state index in [9.17, 15) is 19.5 Å². The normalized spacial score (nSPS) is 16.0. The summed E-state index contributed by atoms with van der Waals surface area (Å²) in [6.45, 7) is 0. The average Bonchev–Trinajstić information content (AvgIpc) is 2.60. The lowest BCUT2D eigenvalue weighted by Gasteiger charge is -2.26. The lowest BCUT2D eigenvalue weighted by atomic mass is 10.1. The molecule has 0 aliphatic carbocycles. The van der Waals surface area contributed by atoms with Crippen molar-refractivity contribution < 1.29 is 24.2 Å². The summed E-state index contributed by atoms with van der Waals surface area (Å²) in [6.07, 6.45) is 1.30. The minimum Gasteiger partial charge on any atom is -0.504 e. The smallest absolute Gasteiger partial charge is 0.335 e. The molecule has 7 nitrogen and oxygen atoms in total. The summed E-state index contributed by atoms with van der Waals surface area (Å²) < 4.78 is 5.74. The van der Waals surface area contributed by atoms with E-state index in [4.69, 9.17) is 4.74 Å². The Morgan fingerprint density at radius 2 is 1.81 bits per heavy atom. The summed E-state index contributed by atoms with van der Waals surface area (Å²) in [5, 5.41) is 12.0. The molecule has 1 aliphatic rings. The Morgan fingerprint density at radius 1 is 1.12 bits per heavy atom. The Hall–Kier alpha value is -3.13. The zero-order chi connectivity index (χ0) is 18.8. The molecule has 1 fully saturated rings. The highest BCUT2D eigenvalue weighted by Crippen LogP contribution is 2.28. The van der Waals surface area contributed by atoms with Crippen molar-refractivity contribution in [1.29, 1.82) is 0 Å². The second-order valence-electron chi connectivity index (χ2n) is 5.37. The first-order chi connectivity index (χ1) is 12.4. The number of carbonyl (C=O) groups is 3. The van der Waals surface area contributed by atoms with Gasteiger partial charge in [-0.3, -0.25) is 14.9 Å². The van der Waals surface area contributed by atoms with Crippen LogP contribution in [0.2, 0.25) is 0 Å². The molecule has 2 N–H and O–H groups in total. The first-order valence-corrected chi connectivity index (χ1v) is 8.24. The standard InChI is InChI=1S/C18H13BrN2O5/c1-26-15-7-2-10(9-14(15)22)8-13-16(23)20-18(25)21(17(13)24)12-5-3-11(19)4-6-12/h2-9,22H,1H3,(H,20,23,25)/b13-8-. The molecule has 0 spiro atoms. The maximum absolute atomic E-state index is 12.7. The number of nitrogens with zero attached hydrogens (tertiary/aromatic N) is 1. The molecule has 0 unspecified atom stereocenters. The van der Waals surface area contributed by atoms with Crippen molar-refractivity contribution in [3.63, 3.8) is 0 Å². The monoisotopic (exact) mass is 416 g/mol. The summed E-state index contributed by atoms with van der Waals surface area (Å²) in [5.41, 5.74) is 0.510. The number of phenols is 1. The highest BCUT2D eigenvalue weighted by Gasteiger charge is 2.36. The number of anilines is 1. The van der Waals surface area contributed by atoms with Crippen LogP contribution in [0, 0.1) is 0 Å². The van der Waals surface area contributed by atoms with E-state index in [2.05, 4.69) is 21.2 Å². The number of hydrogen-bond donors (Lipinski definition) is 2. The van der Waals surface area contributed by atoms with Crippen molar-refractivity contribution in [2.75, 3.05) is 12.0 Å². The van der Waals surface area contributed by atoms with Gasteiger partial charge in [0.05, 0.1) is 12.8 Å². The van der Waals surface area contributed by atoms with Crippen molar-refractivity contribution in [2.45, 2.75) is 0 Å². The number of carbonyl (C=O) groups excluding carboxylic acids is 3. The van der Waals surface area contributed by atoms with Gasteiger partial charge in [-0.05, 0) is 48.0 Å². The van der Waals surface area contributed by atoms with Crippen molar-refractivity contribution >= 4 is 45.5 Å². The first kappa shape index (κ1) is 17.7. The Balaban J connectivity index is 1.99. The largest absolute Gasteiger partial charge is 0.504 e. The fraction of sp³-hybridized carbons (Fsp3) is 0.0556. The fourth-order valence-corrected chi connectivity index (χ4v) is 2.71. The molecule has 0 aromatic heterocycles. The molecule has 0 bridgehead atoms. The van der Waals surface area contributed by atoms with Gasteiger partial charge in [0, 0.05) is 4.47 Å². The molecule has 26 heavy (non-hydrogen) atoms. The van der Waals surface area contributed by atoms with Crippen molar-refractivity contribution in [3.05, 3.63) is 58.1 Å². The molecule has 1 heterocycles. The zero-order valence-corrected chi connectivity index (χ0v) is 15.1. The van der Waals surface area contributed by atoms with Gasteiger partial charge in [0.25, 0.3) is 11.8 Å². The van der Waals surface area contributed by atoms with Crippen molar-refractivity contribution in [3.8, 4) is 11.5 Å². The van der Waals surface area contributed by atoms with Gasteiger partial charge in [0.2, 0.25) is 0 Å². The van der Waals surface area contributed by atoms with Gasteiger partial charge in [-0.2, -0.15) is 0 Å². The van der Waals surface area contributed by atoms with Crippen LogP contribution in [0.3, 0.4) is 0 Å². The molecule has 0 atom stereocenters. The second-order valence-corrected chi connectivity index (χ2v) is 6.28. The minimum atomic E-state index is -0.822. The lowest BCUT2D eigenvalue weighted by Crippen LogP contribution is -2.54. The number of hydrogen-bond acceptors (Lipinski definition) is 5. The summed E-state index contributed by atoms with van der Waals surface area (Å²) in [4.78, 5) is 37.8. The molecule has 0 saturated carbocycles. The zero-order valence-electron chi connectivity index (χ0n) is 13.5. The van der Waals surface area contributed by atoms with E-state index in [-0.39, 0.29) is 17.1 Å². The molecule has 132 valence electrons. The van der Waals surface area contributed by atoms with E-state index < -0.39 is 17.8 Å².